The van der Waals surface area contributed by atoms with Gasteiger partial charge < -0.3 is 9.64 Å². The molecular weight excluding hydrogens is 436 g/mol. The van der Waals surface area contributed by atoms with Crippen LogP contribution in [-0.4, -0.2) is 35.6 Å². The molecule has 0 unspecified atom stereocenters. The van der Waals surface area contributed by atoms with Crippen molar-refractivity contribution in [3.8, 4) is 5.75 Å². The summed E-state index contributed by atoms with van der Waals surface area (Å²) in [6.07, 6.45) is 3.05. The lowest BCUT2D eigenvalue weighted by molar-refractivity contribution is 0.0972. The van der Waals surface area contributed by atoms with E-state index in [9.17, 15) is 4.79 Å². The average molecular weight is 461 g/mol. The first-order chi connectivity index (χ1) is 13.5. The first-order valence-electron chi connectivity index (χ1n) is 9.59. The molecule has 0 radical (unpaired) electrons. The second-order valence-corrected chi connectivity index (χ2v) is 8.40. The Morgan fingerprint density at radius 3 is 2.61 bits per heavy atom. The van der Waals surface area contributed by atoms with Crippen LogP contribution in [0, 0.1) is 5.92 Å². The van der Waals surface area contributed by atoms with Gasteiger partial charge >= 0.3 is 0 Å². The van der Waals surface area contributed by atoms with Gasteiger partial charge in [-0.2, -0.15) is 0 Å². The molecule has 0 atom stereocenters. The van der Waals surface area contributed by atoms with Crippen molar-refractivity contribution >= 4 is 39.2 Å². The van der Waals surface area contributed by atoms with E-state index in [1.54, 1.807) is 12.1 Å². The van der Waals surface area contributed by atoms with E-state index in [0.29, 0.717) is 17.3 Å². The number of amides is 1. The Hall–Kier alpha value is -1.92. The van der Waals surface area contributed by atoms with E-state index >= 15 is 0 Å². The number of nitrogens with one attached hydrogen (secondary N) is 1. The molecule has 4 nitrogen and oxygen atoms in total. The van der Waals surface area contributed by atoms with E-state index in [0.717, 1.165) is 48.5 Å². The van der Waals surface area contributed by atoms with Crippen molar-refractivity contribution in [1.29, 1.82) is 0 Å². The van der Waals surface area contributed by atoms with E-state index < -0.39 is 0 Å². The maximum absolute atomic E-state index is 12.5. The molecular formula is C22H25BrN2O2S. The minimum atomic E-state index is -0.194. The van der Waals surface area contributed by atoms with Crippen LogP contribution in [0.1, 0.15) is 35.7 Å². The fourth-order valence-corrected chi connectivity index (χ4v) is 3.91. The van der Waals surface area contributed by atoms with Crippen LogP contribution >= 0.6 is 28.1 Å². The number of piperidine rings is 1. The molecule has 1 fully saturated rings. The second-order valence-electron chi connectivity index (χ2n) is 7.16. The Kier molecular flexibility index (Phi) is 7.45. The van der Waals surface area contributed by atoms with Crippen LogP contribution in [0.15, 0.2) is 53.0 Å². The second kappa shape index (κ2) is 10.0. The summed E-state index contributed by atoms with van der Waals surface area (Å²) in [5.74, 6) is 1.25. The fraction of sp³-hybridized carbons (Fsp3) is 0.364. The summed E-state index contributed by atoms with van der Waals surface area (Å²) in [7, 11) is 0. The largest absolute Gasteiger partial charge is 0.492 e. The number of likely N-dealkylation sites (tertiary alicyclic amines) is 1. The van der Waals surface area contributed by atoms with Gasteiger partial charge in [0.1, 0.15) is 5.75 Å². The maximum atomic E-state index is 12.5. The molecule has 28 heavy (non-hydrogen) atoms. The lowest BCUT2D eigenvalue weighted by Crippen LogP contribution is -2.46. The van der Waals surface area contributed by atoms with Crippen molar-refractivity contribution in [3.63, 3.8) is 0 Å². The van der Waals surface area contributed by atoms with Gasteiger partial charge in [0.15, 0.2) is 5.11 Å². The Labute approximate surface area is 180 Å². The van der Waals surface area contributed by atoms with Gasteiger partial charge in [0.2, 0.25) is 0 Å². The third kappa shape index (κ3) is 5.79. The number of carbonyl (C=O) groups excluding carboxylic acids is 1. The number of ether oxygens (including phenoxy) is 1. The molecule has 6 heteroatoms. The van der Waals surface area contributed by atoms with Gasteiger partial charge in [-0.3, -0.25) is 10.1 Å². The van der Waals surface area contributed by atoms with Gasteiger partial charge in [-0.05, 0) is 70.7 Å². The predicted molar refractivity (Wildman–Crippen MR) is 120 cm³/mol. The molecule has 1 N–H and O–H groups in total. The van der Waals surface area contributed by atoms with E-state index in [2.05, 4.69) is 45.2 Å². The number of hydrogen-bond acceptors (Lipinski definition) is 3. The van der Waals surface area contributed by atoms with Crippen molar-refractivity contribution in [2.24, 2.45) is 5.92 Å². The highest BCUT2D eigenvalue weighted by Gasteiger charge is 2.20. The van der Waals surface area contributed by atoms with Crippen LogP contribution < -0.4 is 10.1 Å². The number of carbonyl (C=O) groups is 1. The van der Waals surface area contributed by atoms with Crippen LogP contribution in [0.3, 0.4) is 0 Å². The first-order valence-corrected chi connectivity index (χ1v) is 10.8. The third-order valence-electron chi connectivity index (χ3n) is 4.98. The molecule has 1 amide bonds. The normalized spacial score (nSPS) is 14.6. The standard InChI is InChI=1S/C22H25BrN2O2S/c1-16-9-12-25(13-10-16)22(28)24-21(26)18-7-8-20(19(23)15-18)27-14-11-17-5-3-2-4-6-17/h2-8,15-16H,9-14H2,1H3,(H,24,26,28). The molecule has 3 rings (SSSR count). The zero-order valence-corrected chi connectivity index (χ0v) is 18.4. The molecule has 148 valence electrons. The SMILES string of the molecule is CC1CCN(C(=S)NC(=O)c2ccc(OCCc3ccccc3)c(Br)c2)CC1. The summed E-state index contributed by atoms with van der Waals surface area (Å²) < 4.78 is 6.60. The Morgan fingerprint density at radius 1 is 1.21 bits per heavy atom. The lowest BCUT2D eigenvalue weighted by atomic mass is 10.00. The molecule has 2 aromatic carbocycles. The third-order valence-corrected chi connectivity index (χ3v) is 5.96. The van der Waals surface area contributed by atoms with E-state index in [1.165, 1.54) is 5.56 Å². The van der Waals surface area contributed by atoms with Crippen molar-refractivity contribution in [2.45, 2.75) is 26.2 Å². The van der Waals surface area contributed by atoms with Gasteiger partial charge in [0.05, 0.1) is 11.1 Å². The molecule has 1 aliphatic rings. The van der Waals surface area contributed by atoms with Crippen molar-refractivity contribution in [3.05, 3.63) is 64.1 Å². The van der Waals surface area contributed by atoms with Crippen LogP contribution in [0.2, 0.25) is 0 Å². The molecule has 0 aliphatic carbocycles. The van der Waals surface area contributed by atoms with Gasteiger partial charge in [0.25, 0.3) is 5.91 Å². The fourth-order valence-electron chi connectivity index (χ4n) is 3.14. The van der Waals surface area contributed by atoms with Gasteiger partial charge in [-0.1, -0.05) is 37.3 Å². The van der Waals surface area contributed by atoms with Gasteiger partial charge in [-0.25, -0.2) is 0 Å². The van der Waals surface area contributed by atoms with Crippen LogP contribution in [0.25, 0.3) is 0 Å². The number of nitrogens with zero attached hydrogens (tertiary/aromatic N) is 1. The summed E-state index contributed by atoms with van der Waals surface area (Å²) in [4.78, 5) is 14.6. The maximum Gasteiger partial charge on any atom is 0.257 e. The van der Waals surface area contributed by atoms with E-state index in [1.807, 2.05) is 24.3 Å². The minimum absolute atomic E-state index is 0.194. The van der Waals surface area contributed by atoms with Crippen molar-refractivity contribution in [2.75, 3.05) is 19.7 Å². The molecule has 0 saturated carbocycles. The smallest absolute Gasteiger partial charge is 0.257 e. The highest BCUT2D eigenvalue weighted by molar-refractivity contribution is 9.10. The molecule has 0 aromatic heterocycles. The topological polar surface area (TPSA) is 41.6 Å². The lowest BCUT2D eigenvalue weighted by Gasteiger charge is -2.32. The van der Waals surface area contributed by atoms with Crippen LogP contribution in [-0.2, 0) is 6.42 Å². The Balaban J connectivity index is 1.52. The predicted octanol–water partition coefficient (Wildman–Crippen LogP) is 4.82. The summed E-state index contributed by atoms with van der Waals surface area (Å²) >= 11 is 8.91. The molecule has 0 bridgehead atoms. The Morgan fingerprint density at radius 2 is 1.93 bits per heavy atom. The quantitative estimate of drug-likeness (QED) is 0.649. The number of halogens is 1. The minimum Gasteiger partial charge on any atom is -0.492 e. The number of rotatable bonds is 5. The van der Waals surface area contributed by atoms with E-state index in [4.69, 9.17) is 17.0 Å². The monoisotopic (exact) mass is 460 g/mol. The van der Waals surface area contributed by atoms with Gasteiger partial charge in [-0.15, -0.1) is 0 Å². The highest BCUT2D eigenvalue weighted by Crippen LogP contribution is 2.26. The first kappa shape index (κ1) is 20.8. The van der Waals surface area contributed by atoms with Gasteiger partial charge in [0, 0.05) is 25.1 Å². The zero-order valence-electron chi connectivity index (χ0n) is 16.0. The molecule has 2 aromatic rings. The summed E-state index contributed by atoms with van der Waals surface area (Å²) in [5.41, 5.74) is 1.78. The van der Waals surface area contributed by atoms with Crippen LogP contribution in [0.4, 0.5) is 0 Å². The number of benzene rings is 2. The average Bonchev–Trinajstić information content (AvgIpc) is 2.70. The van der Waals surface area contributed by atoms with E-state index in [-0.39, 0.29) is 5.91 Å². The van der Waals surface area contributed by atoms with Crippen molar-refractivity contribution < 1.29 is 9.53 Å². The van der Waals surface area contributed by atoms with Crippen molar-refractivity contribution in [1.82, 2.24) is 10.2 Å². The molecule has 0 spiro atoms. The van der Waals surface area contributed by atoms with Crippen LogP contribution in [0.5, 0.6) is 5.75 Å². The molecule has 1 heterocycles. The summed E-state index contributed by atoms with van der Waals surface area (Å²) in [5, 5.41) is 3.36. The highest BCUT2D eigenvalue weighted by atomic mass is 79.9. The number of thiocarbonyl (C=S) groups is 1. The molecule has 1 saturated heterocycles. The Bertz CT molecular complexity index is 821. The zero-order chi connectivity index (χ0) is 19.9. The summed E-state index contributed by atoms with van der Waals surface area (Å²) in [6, 6.07) is 15.6. The molecule has 1 aliphatic heterocycles. The summed E-state index contributed by atoms with van der Waals surface area (Å²) in [6.45, 7) is 4.63. The number of hydrogen-bond donors (Lipinski definition) is 1.